The highest BCUT2D eigenvalue weighted by Gasteiger charge is 2.15. The van der Waals surface area contributed by atoms with E-state index >= 15 is 0 Å². The van der Waals surface area contributed by atoms with Gasteiger partial charge in [0, 0.05) is 17.0 Å². The van der Waals surface area contributed by atoms with Crippen LogP contribution in [0.4, 0.5) is 4.39 Å². The van der Waals surface area contributed by atoms with Crippen LogP contribution in [-0.2, 0) is 6.42 Å². The summed E-state index contributed by atoms with van der Waals surface area (Å²) in [5, 5.41) is 10.6. The third-order valence-electron chi connectivity index (χ3n) is 3.19. The molecule has 1 atom stereocenters. The number of rotatable bonds is 5. The van der Waals surface area contributed by atoms with Crippen LogP contribution in [0.2, 0.25) is 5.02 Å². The van der Waals surface area contributed by atoms with Crippen LogP contribution in [0.25, 0.3) is 0 Å². The van der Waals surface area contributed by atoms with Gasteiger partial charge in [-0.3, -0.25) is 0 Å². The second-order valence-corrected chi connectivity index (χ2v) is 4.98. The highest BCUT2D eigenvalue weighted by atomic mass is 35.5. The molecule has 0 aliphatic rings. The highest BCUT2D eigenvalue weighted by molar-refractivity contribution is 6.31. The molecule has 1 unspecified atom stereocenters. The lowest BCUT2D eigenvalue weighted by atomic mass is 10.0. The zero-order valence-electron chi connectivity index (χ0n) is 11.8. The summed E-state index contributed by atoms with van der Waals surface area (Å²) in [5.41, 5.74) is 1.20. The number of hydrogen-bond donors (Lipinski definition) is 1. The molecular weight excluding hydrogens is 295 g/mol. The number of methoxy groups -OCH3 is 2. The molecule has 2 aromatic rings. The van der Waals surface area contributed by atoms with Crippen molar-refractivity contribution in [2.45, 2.75) is 12.5 Å². The molecule has 5 heteroatoms. The maximum Gasteiger partial charge on any atom is 0.160 e. The summed E-state index contributed by atoms with van der Waals surface area (Å²) in [6, 6.07) is 9.29. The van der Waals surface area contributed by atoms with Crippen LogP contribution in [0.3, 0.4) is 0 Å². The third-order valence-corrected chi connectivity index (χ3v) is 3.54. The number of ether oxygens (including phenoxy) is 2. The minimum absolute atomic E-state index is 0.295. The minimum atomic E-state index is -0.897. The molecule has 0 saturated carbocycles. The lowest BCUT2D eigenvalue weighted by Crippen LogP contribution is -2.04. The Hall–Kier alpha value is -1.78. The molecule has 2 aromatic carbocycles. The van der Waals surface area contributed by atoms with E-state index in [1.807, 2.05) is 6.07 Å². The van der Waals surface area contributed by atoms with E-state index in [9.17, 15) is 9.50 Å². The minimum Gasteiger partial charge on any atom is -0.493 e. The van der Waals surface area contributed by atoms with Gasteiger partial charge < -0.3 is 14.6 Å². The third kappa shape index (κ3) is 3.65. The maximum absolute atomic E-state index is 13.3. The maximum atomic E-state index is 13.3. The molecule has 112 valence electrons. The van der Waals surface area contributed by atoms with Crippen molar-refractivity contribution in [2.75, 3.05) is 14.2 Å². The van der Waals surface area contributed by atoms with Crippen LogP contribution in [0, 0.1) is 5.82 Å². The van der Waals surface area contributed by atoms with Gasteiger partial charge in [0.2, 0.25) is 0 Å². The van der Waals surface area contributed by atoms with Crippen LogP contribution in [0.1, 0.15) is 17.2 Å². The molecule has 2 rings (SSSR count). The van der Waals surface area contributed by atoms with Gasteiger partial charge in [-0.1, -0.05) is 17.7 Å². The largest absolute Gasteiger partial charge is 0.493 e. The molecule has 0 amide bonds. The average molecular weight is 311 g/mol. The zero-order chi connectivity index (χ0) is 15.4. The van der Waals surface area contributed by atoms with Crippen molar-refractivity contribution in [3.8, 4) is 11.5 Å². The Balaban J connectivity index is 2.23. The fraction of sp³-hybridized carbons (Fsp3) is 0.250. The Bertz CT molecular complexity index is 631. The van der Waals surface area contributed by atoms with Gasteiger partial charge in [0.25, 0.3) is 0 Å². The van der Waals surface area contributed by atoms with Gasteiger partial charge in [0.1, 0.15) is 5.82 Å². The molecule has 0 aliphatic carbocycles. The molecule has 0 heterocycles. The van der Waals surface area contributed by atoms with Crippen LogP contribution >= 0.6 is 11.6 Å². The van der Waals surface area contributed by atoms with E-state index in [0.717, 1.165) is 5.56 Å². The van der Waals surface area contributed by atoms with E-state index in [0.29, 0.717) is 28.5 Å². The smallest absolute Gasteiger partial charge is 0.160 e. The number of aliphatic hydroxyl groups is 1. The van der Waals surface area contributed by atoms with E-state index in [-0.39, 0.29) is 0 Å². The van der Waals surface area contributed by atoms with Crippen molar-refractivity contribution in [1.29, 1.82) is 0 Å². The van der Waals surface area contributed by atoms with Gasteiger partial charge in [0.05, 0.1) is 20.3 Å². The molecule has 0 spiro atoms. The summed E-state index contributed by atoms with van der Waals surface area (Å²) in [6.45, 7) is 0. The average Bonchev–Trinajstić information content (AvgIpc) is 2.49. The van der Waals surface area contributed by atoms with E-state index in [1.54, 1.807) is 26.4 Å². The monoisotopic (exact) mass is 310 g/mol. The molecule has 0 fully saturated rings. The Kier molecular flexibility index (Phi) is 5.04. The van der Waals surface area contributed by atoms with E-state index in [1.165, 1.54) is 18.2 Å². The van der Waals surface area contributed by atoms with E-state index in [2.05, 4.69) is 0 Å². The summed E-state index contributed by atoms with van der Waals surface area (Å²) in [7, 11) is 3.10. The number of benzene rings is 2. The molecule has 0 saturated heterocycles. The first-order valence-electron chi connectivity index (χ1n) is 6.39. The van der Waals surface area contributed by atoms with Crippen molar-refractivity contribution < 1.29 is 19.0 Å². The SMILES string of the molecule is COc1ccc(CC(O)c2cc(F)ccc2Cl)cc1OC. The number of aliphatic hydroxyl groups excluding tert-OH is 1. The highest BCUT2D eigenvalue weighted by Crippen LogP contribution is 2.31. The van der Waals surface area contributed by atoms with E-state index < -0.39 is 11.9 Å². The molecule has 0 bridgehead atoms. The van der Waals surface area contributed by atoms with Crippen LogP contribution in [0.15, 0.2) is 36.4 Å². The van der Waals surface area contributed by atoms with Crippen molar-refractivity contribution in [2.24, 2.45) is 0 Å². The van der Waals surface area contributed by atoms with Gasteiger partial charge in [-0.05, 0) is 35.9 Å². The van der Waals surface area contributed by atoms with Gasteiger partial charge in [-0.25, -0.2) is 4.39 Å². The van der Waals surface area contributed by atoms with Gasteiger partial charge in [0.15, 0.2) is 11.5 Å². The quantitative estimate of drug-likeness (QED) is 0.913. The standard InChI is InChI=1S/C16H16ClFO3/c1-20-15-6-3-10(8-16(15)21-2)7-14(19)12-9-11(18)4-5-13(12)17/h3-6,8-9,14,19H,7H2,1-2H3. The lowest BCUT2D eigenvalue weighted by molar-refractivity contribution is 0.178. The molecule has 21 heavy (non-hydrogen) atoms. The first-order valence-corrected chi connectivity index (χ1v) is 6.77. The molecule has 3 nitrogen and oxygen atoms in total. The second-order valence-electron chi connectivity index (χ2n) is 4.58. The number of hydrogen-bond acceptors (Lipinski definition) is 3. The van der Waals surface area contributed by atoms with Crippen LogP contribution in [-0.4, -0.2) is 19.3 Å². The topological polar surface area (TPSA) is 38.7 Å². The molecule has 0 aromatic heterocycles. The van der Waals surface area contributed by atoms with E-state index in [4.69, 9.17) is 21.1 Å². The van der Waals surface area contributed by atoms with Crippen molar-refractivity contribution >= 4 is 11.6 Å². The molecule has 0 aliphatic heterocycles. The fourth-order valence-electron chi connectivity index (χ4n) is 2.11. The predicted octanol–water partition coefficient (Wildman–Crippen LogP) is 3.77. The predicted molar refractivity (Wildman–Crippen MR) is 79.6 cm³/mol. The summed E-state index contributed by atoms with van der Waals surface area (Å²) >= 11 is 5.99. The molecule has 1 N–H and O–H groups in total. The van der Waals surface area contributed by atoms with Crippen LogP contribution < -0.4 is 9.47 Å². The Morgan fingerprint density at radius 3 is 2.48 bits per heavy atom. The van der Waals surface area contributed by atoms with Crippen LogP contribution in [0.5, 0.6) is 11.5 Å². The first kappa shape index (κ1) is 15.6. The van der Waals surface area contributed by atoms with Gasteiger partial charge in [-0.15, -0.1) is 0 Å². The lowest BCUT2D eigenvalue weighted by Gasteiger charge is -2.14. The number of halogens is 2. The first-order chi connectivity index (χ1) is 10.0. The van der Waals surface area contributed by atoms with Crippen molar-refractivity contribution in [3.63, 3.8) is 0 Å². The summed E-state index contributed by atoms with van der Waals surface area (Å²) < 4.78 is 23.6. The summed E-state index contributed by atoms with van der Waals surface area (Å²) in [4.78, 5) is 0. The Morgan fingerprint density at radius 2 is 1.81 bits per heavy atom. The molecule has 0 radical (unpaired) electrons. The van der Waals surface area contributed by atoms with Crippen molar-refractivity contribution in [1.82, 2.24) is 0 Å². The normalized spacial score (nSPS) is 12.0. The second kappa shape index (κ2) is 6.78. The fourth-order valence-corrected chi connectivity index (χ4v) is 2.35. The Labute approximate surface area is 127 Å². The molecular formula is C16H16ClFO3. The van der Waals surface area contributed by atoms with Gasteiger partial charge >= 0.3 is 0 Å². The Morgan fingerprint density at radius 1 is 1.10 bits per heavy atom. The zero-order valence-corrected chi connectivity index (χ0v) is 12.5. The van der Waals surface area contributed by atoms with Crippen molar-refractivity contribution in [3.05, 3.63) is 58.4 Å². The summed E-state index contributed by atoms with van der Waals surface area (Å²) in [6.07, 6.45) is -0.602. The summed E-state index contributed by atoms with van der Waals surface area (Å²) in [5.74, 6) is 0.757. The van der Waals surface area contributed by atoms with Gasteiger partial charge in [-0.2, -0.15) is 0 Å².